The molecular weight excluding hydrogens is 963 g/mol. The second-order valence-electron chi connectivity index (χ2n) is 13.5. The zero-order chi connectivity index (χ0) is 45.1. The second-order valence-corrected chi connectivity index (χ2v) is 16.4. The van der Waals surface area contributed by atoms with Gasteiger partial charge in [0.1, 0.15) is 30.0 Å². The molecule has 0 amide bonds. The summed E-state index contributed by atoms with van der Waals surface area (Å²) in [6.07, 6.45) is 13.7. The Morgan fingerprint density at radius 2 is 1.29 bits per heavy atom. The van der Waals surface area contributed by atoms with E-state index in [4.69, 9.17) is 0 Å². The first kappa shape index (κ1) is 49.2. The number of ketones is 2. The number of carbonyl (C=O) groups is 2. The molecule has 3 heterocycles. The Kier molecular flexibility index (Phi) is 17.2. The summed E-state index contributed by atoms with van der Waals surface area (Å²) in [4.78, 5) is 51.3. The Hall–Kier alpha value is -6.46. The molecule has 2 aromatic heterocycles. The molecular formula is C41H38BrCoN10O8S2-. The van der Waals surface area contributed by atoms with Crippen LogP contribution >= 0.6 is 38.6 Å². The van der Waals surface area contributed by atoms with Crippen LogP contribution in [0.2, 0.25) is 0 Å². The number of fused-ring (bicyclic) bond motifs is 1. The molecule has 0 unspecified atom stereocenters. The Morgan fingerprint density at radius 3 is 1.71 bits per heavy atom. The molecule has 329 valence electrons. The van der Waals surface area contributed by atoms with Crippen LogP contribution in [0.4, 0.5) is 21.4 Å². The van der Waals surface area contributed by atoms with Gasteiger partial charge >= 0.3 is 10.0 Å². The molecule has 0 atom stereocenters. The largest absolute Gasteiger partial charge is 0.506 e. The molecule has 2 aromatic carbocycles. The zero-order valence-corrected chi connectivity index (χ0v) is 38.3. The maximum atomic E-state index is 10.9. The molecule has 3 aliphatic rings. The topological polar surface area (TPSA) is 245 Å². The fourth-order valence-electron chi connectivity index (χ4n) is 6.01. The van der Waals surface area contributed by atoms with Gasteiger partial charge in [0.15, 0.2) is 17.3 Å². The molecule has 0 saturated carbocycles. The maximum Gasteiger partial charge on any atom is 0.319 e. The van der Waals surface area contributed by atoms with E-state index in [1.165, 1.54) is 52.5 Å². The normalized spacial score (nSPS) is 16.9. The summed E-state index contributed by atoms with van der Waals surface area (Å²) in [5.41, 5.74) is 6.66. The van der Waals surface area contributed by atoms with Crippen LogP contribution in [0.3, 0.4) is 0 Å². The van der Waals surface area contributed by atoms with Gasteiger partial charge < -0.3 is 35.3 Å². The van der Waals surface area contributed by atoms with Crippen molar-refractivity contribution in [3.8, 4) is 0 Å². The third-order valence-corrected chi connectivity index (χ3v) is 11.3. The van der Waals surface area contributed by atoms with Crippen LogP contribution < -0.4 is 24.5 Å². The van der Waals surface area contributed by atoms with E-state index in [1.807, 2.05) is 0 Å². The van der Waals surface area contributed by atoms with Gasteiger partial charge in [-0.05, 0) is 87.9 Å². The molecule has 22 heteroatoms. The number of benzene rings is 2. The van der Waals surface area contributed by atoms with Crippen molar-refractivity contribution in [3.05, 3.63) is 154 Å². The van der Waals surface area contributed by atoms with Crippen LogP contribution in [-0.4, -0.2) is 73.5 Å². The molecule has 0 saturated heterocycles. The van der Waals surface area contributed by atoms with E-state index in [-0.39, 0.29) is 76.3 Å². The van der Waals surface area contributed by atoms with Gasteiger partial charge in [0, 0.05) is 91.9 Å². The summed E-state index contributed by atoms with van der Waals surface area (Å²) in [7, 11) is 2.16. The van der Waals surface area contributed by atoms with Crippen LogP contribution in [0, 0.1) is 20.2 Å². The summed E-state index contributed by atoms with van der Waals surface area (Å²) in [5, 5.41) is 53.9. The van der Waals surface area contributed by atoms with Crippen molar-refractivity contribution in [1.29, 1.82) is 0 Å². The molecule has 4 aromatic rings. The van der Waals surface area contributed by atoms with Crippen LogP contribution in [-0.2, 0) is 31.8 Å². The molecule has 2 aliphatic carbocycles. The van der Waals surface area contributed by atoms with E-state index in [9.17, 15) is 40.0 Å². The van der Waals surface area contributed by atoms with Crippen molar-refractivity contribution in [2.24, 2.45) is 20.4 Å². The number of aliphatic hydroxyl groups excluding tert-OH is 2. The number of anilines is 1. The van der Waals surface area contributed by atoms with E-state index in [0.717, 1.165) is 64.8 Å². The predicted octanol–water partition coefficient (Wildman–Crippen LogP) is 6.91. The fourth-order valence-corrected chi connectivity index (χ4v) is 7.48. The Labute approximate surface area is 386 Å². The first-order valence-electron chi connectivity index (χ1n) is 18.5. The first-order valence-corrected chi connectivity index (χ1v) is 20.9. The summed E-state index contributed by atoms with van der Waals surface area (Å²) >= 11 is 5.12. The molecule has 1 radical (unpaired) electrons. The van der Waals surface area contributed by atoms with Crippen molar-refractivity contribution in [1.82, 2.24) is 9.97 Å². The number of nitro groups is 2. The number of hydrogen-bond acceptors (Lipinski definition) is 15. The van der Waals surface area contributed by atoms with E-state index in [1.54, 1.807) is 0 Å². The number of allylic oxidation sites excluding steroid dienone is 7. The number of thiazole rings is 2. The number of aromatic nitrogens is 2. The third kappa shape index (κ3) is 12.8. The number of aliphatic hydroxyl groups is 2. The summed E-state index contributed by atoms with van der Waals surface area (Å²) in [5.74, 6) is -1.32. The smallest absolute Gasteiger partial charge is 0.319 e. The van der Waals surface area contributed by atoms with Gasteiger partial charge in [0.2, 0.25) is 5.69 Å². The van der Waals surface area contributed by atoms with Crippen LogP contribution in [0.15, 0.2) is 134 Å². The average molecular weight is 1000 g/mol. The number of nitrogens with zero attached hydrogens (tertiary/aromatic N) is 10. The average Bonchev–Trinajstić information content (AvgIpc) is 3.96. The minimum absolute atomic E-state index is 0. The SMILES string of the molecule is CCN(CC)c1ccc(/C=C/C2=[N+](C)c3ccc(Br)cc3C2(C)C)cc1.O=C1C=CC(=NN=c2[n-]cc([N+](=O)[O-])s2)C(O)=C1.O=C1C=CC(=NN=c2[n-]cc([N+](=O)[O-])s2)C(O)=C1.[Co]. The van der Waals surface area contributed by atoms with Gasteiger partial charge in [0.25, 0.3) is 0 Å². The van der Waals surface area contributed by atoms with Gasteiger partial charge in [-0.3, -0.25) is 40.0 Å². The zero-order valence-electron chi connectivity index (χ0n) is 34.1. The van der Waals surface area contributed by atoms with Gasteiger partial charge in [-0.15, -0.1) is 0 Å². The minimum Gasteiger partial charge on any atom is -0.506 e. The Balaban J connectivity index is 0.000000211. The summed E-state index contributed by atoms with van der Waals surface area (Å²) < 4.78 is 3.44. The van der Waals surface area contributed by atoms with E-state index < -0.39 is 9.85 Å². The Morgan fingerprint density at radius 1 is 0.794 bits per heavy atom. The fraction of sp³-hybridized carbons (Fsp3) is 0.195. The molecule has 0 fully saturated rings. The van der Waals surface area contributed by atoms with Crippen LogP contribution in [0.25, 0.3) is 6.08 Å². The van der Waals surface area contributed by atoms with E-state index in [0.29, 0.717) is 0 Å². The standard InChI is InChI=1S/C23H28BrN2.2C9H6N4O4S.Co/c1-6-26(7-2)19-12-8-17(9-13-19)10-15-22-23(3,4)20-16-18(24)11-14-21(20)25(22)5;2*14-5-1-2-6(7(15)3-5)11-12-9-10-4-8(18-9)13(16)17;/h8-16H,6-7H2,1-5H3;2*1-4H,(H2,10,12,14,15);/q+1;;;/p-2. The molecule has 0 spiro atoms. The van der Waals surface area contributed by atoms with Gasteiger partial charge in [0.05, 0.1) is 15.3 Å². The number of halogens is 1. The predicted molar refractivity (Wildman–Crippen MR) is 241 cm³/mol. The maximum absolute atomic E-state index is 10.9. The minimum atomic E-state index is -0.583. The van der Waals surface area contributed by atoms with Crippen LogP contribution in [0.1, 0.15) is 38.8 Å². The molecule has 2 N–H and O–H groups in total. The van der Waals surface area contributed by atoms with Gasteiger partial charge in [-0.1, -0.05) is 50.7 Å². The van der Waals surface area contributed by atoms with Crippen LogP contribution in [0.5, 0.6) is 0 Å². The van der Waals surface area contributed by atoms with Crippen molar-refractivity contribution >= 4 is 94.8 Å². The Bertz CT molecular complexity index is 2690. The van der Waals surface area contributed by atoms with Gasteiger partial charge in [-0.2, -0.15) is 4.58 Å². The quantitative estimate of drug-likeness (QED) is 0.0755. The molecule has 0 bridgehead atoms. The van der Waals surface area contributed by atoms with E-state index >= 15 is 0 Å². The molecule has 18 nitrogen and oxygen atoms in total. The molecule has 63 heavy (non-hydrogen) atoms. The van der Waals surface area contributed by atoms with Gasteiger partial charge in [-0.25, -0.2) is 0 Å². The number of carbonyl (C=O) groups excluding carboxylic acids is 2. The van der Waals surface area contributed by atoms with Crippen molar-refractivity contribution in [2.45, 2.75) is 33.1 Å². The first-order chi connectivity index (χ1) is 29.5. The van der Waals surface area contributed by atoms with E-state index in [2.05, 4.69) is 145 Å². The third-order valence-electron chi connectivity index (χ3n) is 9.15. The molecule has 1 aliphatic heterocycles. The van der Waals surface area contributed by atoms with Crippen molar-refractivity contribution in [3.63, 3.8) is 0 Å². The number of rotatable bonds is 9. The number of hydrogen-bond donors (Lipinski definition) is 2. The van der Waals surface area contributed by atoms with Crippen molar-refractivity contribution in [2.75, 3.05) is 25.0 Å². The summed E-state index contributed by atoms with van der Waals surface area (Å²) in [6, 6.07) is 15.4. The monoisotopic (exact) mass is 1000 g/mol. The summed E-state index contributed by atoms with van der Waals surface area (Å²) in [6.45, 7) is 11.1. The van der Waals surface area contributed by atoms with Crippen molar-refractivity contribution < 1.29 is 51.0 Å². The second kappa shape index (κ2) is 22.1. The molecule has 7 rings (SSSR count).